The lowest BCUT2D eigenvalue weighted by molar-refractivity contribution is -0.121. The van der Waals surface area contributed by atoms with Crippen LogP contribution in [0.3, 0.4) is 0 Å². The molecule has 110 valence electrons. The zero-order chi connectivity index (χ0) is 14.5. The smallest absolute Gasteiger partial charge is 0.221 e. The van der Waals surface area contributed by atoms with Gasteiger partial charge in [-0.25, -0.2) is 0 Å². The van der Waals surface area contributed by atoms with E-state index in [0.717, 1.165) is 32.7 Å². The maximum atomic E-state index is 11.4. The van der Waals surface area contributed by atoms with Crippen LogP contribution in [0.1, 0.15) is 27.2 Å². The largest absolute Gasteiger partial charge is 0.392 e. The molecule has 5 nitrogen and oxygen atoms in total. The summed E-state index contributed by atoms with van der Waals surface area (Å²) in [5.74, 6) is 0.133. The van der Waals surface area contributed by atoms with Crippen LogP contribution in [-0.4, -0.2) is 65.5 Å². The predicted octanol–water partition coefficient (Wildman–Crippen LogP) is 0.195. The number of nitrogens with two attached hydrogens (primary N) is 1. The highest BCUT2D eigenvalue weighted by atomic mass is 32.1. The van der Waals surface area contributed by atoms with Gasteiger partial charge in [-0.3, -0.25) is 9.69 Å². The lowest BCUT2D eigenvalue weighted by Crippen LogP contribution is -2.59. The molecule has 0 saturated carbocycles. The first-order chi connectivity index (χ1) is 8.87. The van der Waals surface area contributed by atoms with Gasteiger partial charge in [0.15, 0.2) is 0 Å². The first-order valence-corrected chi connectivity index (χ1v) is 7.32. The fourth-order valence-corrected chi connectivity index (χ4v) is 2.36. The van der Waals surface area contributed by atoms with Crippen LogP contribution in [-0.2, 0) is 4.79 Å². The second-order valence-electron chi connectivity index (χ2n) is 5.46. The minimum Gasteiger partial charge on any atom is -0.392 e. The molecule has 0 aliphatic carbocycles. The van der Waals surface area contributed by atoms with E-state index in [1.165, 1.54) is 0 Å². The number of nitrogens with zero attached hydrogens (tertiary/aromatic N) is 2. The summed E-state index contributed by atoms with van der Waals surface area (Å²) < 4.78 is 0. The van der Waals surface area contributed by atoms with Gasteiger partial charge in [0.25, 0.3) is 0 Å². The summed E-state index contributed by atoms with van der Waals surface area (Å²) in [5, 5.41) is 2.82. The lowest BCUT2D eigenvalue weighted by Gasteiger charge is -2.43. The quantitative estimate of drug-likeness (QED) is 0.683. The van der Waals surface area contributed by atoms with Crippen molar-refractivity contribution in [3.63, 3.8) is 0 Å². The molecule has 0 aromatic rings. The zero-order valence-electron chi connectivity index (χ0n) is 12.2. The fourth-order valence-electron chi connectivity index (χ4n) is 2.23. The lowest BCUT2D eigenvalue weighted by atomic mass is 10.0. The molecular weight excluding hydrogens is 260 g/mol. The van der Waals surface area contributed by atoms with Crippen molar-refractivity contribution in [2.24, 2.45) is 5.73 Å². The van der Waals surface area contributed by atoms with Gasteiger partial charge in [-0.2, -0.15) is 0 Å². The van der Waals surface area contributed by atoms with Crippen LogP contribution in [0.4, 0.5) is 0 Å². The predicted molar refractivity (Wildman–Crippen MR) is 82.2 cm³/mol. The summed E-state index contributed by atoms with van der Waals surface area (Å²) >= 11 is 5.13. The minimum atomic E-state index is -0.221. The molecule has 19 heavy (non-hydrogen) atoms. The van der Waals surface area contributed by atoms with Gasteiger partial charge >= 0.3 is 0 Å². The number of carbonyl (C=O) groups is 1. The van der Waals surface area contributed by atoms with Crippen molar-refractivity contribution >= 4 is 23.1 Å². The molecule has 1 rings (SSSR count). The van der Waals surface area contributed by atoms with Crippen molar-refractivity contribution in [2.45, 2.75) is 32.7 Å². The fraction of sp³-hybridized carbons (Fsp3) is 0.846. The monoisotopic (exact) mass is 286 g/mol. The average Bonchev–Trinajstić information content (AvgIpc) is 2.37. The van der Waals surface area contributed by atoms with Crippen LogP contribution < -0.4 is 11.1 Å². The first-order valence-electron chi connectivity index (χ1n) is 6.92. The molecule has 1 fully saturated rings. The van der Waals surface area contributed by atoms with E-state index in [-0.39, 0.29) is 11.4 Å². The van der Waals surface area contributed by atoms with Gasteiger partial charge < -0.3 is 16.0 Å². The molecule has 0 aromatic carbocycles. The summed E-state index contributed by atoms with van der Waals surface area (Å²) in [5.41, 5.74) is 5.57. The van der Waals surface area contributed by atoms with Gasteiger partial charge in [-0.15, -0.1) is 0 Å². The van der Waals surface area contributed by atoms with Gasteiger partial charge in [-0.05, 0) is 20.8 Å². The highest BCUT2D eigenvalue weighted by molar-refractivity contribution is 7.80. The summed E-state index contributed by atoms with van der Waals surface area (Å²) in [6.45, 7) is 11.4. The summed E-state index contributed by atoms with van der Waals surface area (Å²) in [6.07, 6.45) is 0.576. The van der Waals surface area contributed by atoms with Gasteiger partial charge in [0, 0.05) is 45.7 Å². The first kappa shape index (κ1) is 16.3. The highest BCUT2D eigenvalue weighted by Gasteiger charge is 2.32. The van der Waals surface area contributed by atoms with Gasteiger partial charge in [-0.1, -0.05) is 12.2 Å². The third-order valence-corrected chi connectivity index (χ3v) is 4.29. The van der Waals surface area contributed by atoms with Crippen molar-refractivity contribution in [2.75, 3.05) is 39.3 Å². The van der Waals surface area contributed by atoms with Crippen LogP contribution >= 0.6 is 12.2 Å². The number of nitrogens with one attached hydrogen (secondary N) is 1. The summed E-state index contributed by atoms with van der Waals surface area (Å²) in [6, 6.07) is 0. The summed E-state index contributed by atoms with van der Waals surface area (Å²) in [7, 11) is 0. The van der Waals surface area contributed by atoms with E-state index >= 15 is 0 Å². The molecule has 0 bridgehead atoms. The number of rotatable bonds is 6. The third kappa shape index (κ3) is 4.71. The zero-order valence-corrected chi connectivity index (χ0v) is 13.1. The molecule has 0 radical (unpaired) electrons. The molecule has 6 heteroatoms. The Morgan fingerprint density at radius 2 is 1.89 bits per heavy atom. The Morgan fingerprint density at radius 3 is 2.37 bits per heavy atom. The molecule has 1 aliphatic heterocycles. The molecule has 1 amide bonds. The number of carbonyl (C=O) groups excluding carboxylic acids is 1. The second kappa shape index (κ2) is 7.17. The second-order valence-corrected chi connectivity index (χ2v) is 5.90. The van der Waals surface area contributed by atoms with Crippen molar-refractivity contribution < 1.29 is 4.79 Å². The van der Waals surface area contributed by atoms with Crippen LogP contribution in [0.25, 0.3) is 0 Å². The van der Waals surface area contributed by atoms with Crippen molar-refractivity contribution in [1.29, 1.82) is 0 Å². The molecule has 0 spiro atoms. The van der Waals surface area contributed by atoms with E-state index in [0.29, 0.717) is 18.0 Å². The standard InChI is InChI=1S/C13H26N4OS/c1-4-15-11(18)5-6-16-7-9-17(10-8-16)13(2,3)12(14)19/h4-10H2,1-3H3,(H2,14,19)(H,15,18). The molecular formula is C13H26N4OS. The van der Waals surface area contributed by atoms with E-state index in [1.54, 1.807) is 0 Å². The Balaban J connectivity index is 2.33. The van der Waals surface area contributed by atoms with Crippen molar-refractivity contribution in [3.05, 3.63) is 0 Å². The normalized spacial score (nSPS) is 18.3. The van der Waals surface area contributed by atoms with Crippen LogP contribution in [0.15, 0.2) is 0 Å². The Morgan fingerprint density at radius 1 is 1.32 bits per heavy atom. The van der Waals surface area contributed by atoms with E-state index in [9.17, 15) is 4.79 Å². The van der Waals surface area contributed by atoms with Crippen LogP contribution in [0.2, 0.25) is 0 Å². The van der Waals surface area contributed by atoms with E-state index in [2.05, 4.69) is 29.0 Å². The molecule has 0 aromatic heterocycles. The van der Waals surface area contributed by atoms with Crippen LogP contribution in [0.5, 0.6) is 0 Å². The Labute approximate surface area is 121 Å². The topological polar surface area (TPSA) is 61.6 Å². The molecule has 1 heterocycles. The number of hydrogen-bond donors (Lipinski definition) is 2. The minimum absolute atomic E-state index is 0.133. The average molecular weight is 286 g/mol. The third-order valence-electron chi connectivity index (χ3n) is 3.79. The number of amides is 1. The van der Waals surface area contributed by atoms with Gasteiger partial charge in [0.1, 0.15) is 0 Å². The maximum absolute atomic E-state index is 11.4. The van der Waals surface area contributed by atoms with E-state index in [4.69, 9.17) is 18.0 Å². The molecule has 0 unspecified atom stereocenters. The number of thiocarbonyl (C=S) groups is 1. The van der Waals surface area contributed by atoms with E-state index < -0.39 is 0 Å². The van der Waals surface area contributed by atoms with Crippen molar-refractivity contribution in [3.8, 4) is 0 Å². The Hall–Kier alpha value is -0.720. The SMILES string of the molecule is CCNC(=O)CCN1CCN(C(C)(C)C(N)=S)CC1. The van der Waals surface area contributed by atoms with Gasteiger partial charge in [0.05, 0.1) is 10.5 Å². The van der Waals surface area contributed by atoms with Crippen molar-refractivity contribution in [1.82, 2.24) is 15.1 Å². The van der Waals surface area contributed by atoms with Crippen LogP contribution in [0, 0.1) is 0 Å². The molecule has 1 aliphatic rings. The van der Waals surface area contributed by atoms with E-state index in [1.807, 2.05) is 6.92 Å². The molecule has 3 N–H and O–H groups in total. The number of piperazine rings is 1. The Bertz CT molecular complexity index is 325. The van der Waals surface area contributed by atoms with Gasteiger partial charge in [0.2, 0.25) is 5.91 Å². The maximum Gasteiger partial charge on any atom is 0.221 e. The molecule has 1 saturated heterocycles. The highest BCUT2D eigenvalue weighted by Crippen LogP contribution is 2.17. The molecule has 0 atom stereocenters. The Kier molecular flexibility index (Phi) is 6.16. The number of hydrogen-bond acceptors (Lipinski definition) is 4. The summed E-state index contributed by atoms with van der Waals surface area (Å²) in [4.78, 5) is 16.6.